The van der Waals surface area contributed by atoms with Crippen LogP contribution in [0, 0.1) is 23.1 Å². The summed E-state index contributed by atoms with van der Waals surface area (Å²) in [5.74, 6) is -0.836. The Morgan fingerprint density at radius 2 is 2.32 bits per heavy atom. The number of rotatable bonds is 4. The van der Waals surface area contributed by atoms with Crippen molar-refractivity contribution in [3.8, 4) is 6.07 Å². The third-order valence-corrected chi connectivity index (χ3v) is 2.79. The molecule has 0 aliphatic rings. The van der Waals surface area contributed by atoms with Gasteiger partial charge >= 0.3 is 6.03 Å². The van der Waals surface area contributed by atoms with Crippen LogP contribution < -0.4 is 5.32 Å². The van der Waals surface area contributed by atoms with Gasteiger partial charge in [0.2, 0.25) is 0 Å². The molecular weight excluding hydrogens is 269 g/mol. The lowest BCUT2D eigenvalue weighted by Gasteiger charge is -2.22. The summed E-state index contributed by atoms with van der Waals surface area (Å²) in [7, 11) is 0. The van der Waals surface area contributed by atoms with E-state index in [-0.39, 0.29) is 11.6 Å². The SMILES string of the molecule is CCN(CC(C)C#N)C(=O)Nc1cc(Cl)ccc1F. The van der Waals surface area contributed by atoms with Gasteiger partial charge in [-0.05, 0) is 32.0 Å². The molecule has 2 amide bonds. The Hall–Kier alpha value is -1.80. The van der Waals surface area contributed by atoms with Crippen molar-refractivity contribution in [3.05, 3.63) is 29.0 Å². The molecule has 1 aromatic carbocycles. The summed E-state index contributed by atoms with van der Waals surface area (Å²) < 4.78 is 13.5. The van der Waals surface area contributed by atoms with Gasteiger partial charge in [-0.1, -0.05) is 11.6 Å². The molecule has 1 aromatic rings. The molecule has 0 fully saturated rings. The maximum Gasteiger partial charge on any atom is 0.321 e. The van der Waals surface area contributed by atoms with E-state index in [0.717, 1.165) is 0 Å². The average molecular weight is 284 g/mol. The summed E-state index contributed by atoms with van der Waals surface area (Å²) in [4.78, 5) is 13.4. The quantitative estimate of drug-likeness (QED) is 0.919. The molecule has 0 spiro atoms. The summed E-state index contributed by atoms with van der Waals surface area (Å²) in [5, 5.41) is 11.5. The maximum atomic E-state index is 13.5. The standard InChI is InChI=1S/C13H15ClFN3O/c1-3-18(8-9(2)7-16)13(19)17-12-6-10(14)4-5-11(12)15/h4-6,9H,3,8H2,1-2H3,(H,17,19). The smallest absolute Gasteiger partial charge is 0.321 e. The third-order valence-electron chi connectivity index (χ3n) is 2.55. The lowest BCUT2D eigenvalue weighted by atomic mass is 10.2. The van der Waals surface area contributed by atoms with Crippen LogP contribution in [0.5, 0.6) is 0 Å². The number of halogens is 2. The highest BCUT2D eigenvalue weighted by molar-refractivity contribution is 6.30. The molecule has 0 saturated heterocycles. The van der Waals surface area contributed by atoms with E-state index in [2.05, 4.69) is 11.4 Å². The monoisotopic (exact) mass is 283 g/mol. The van der Waals surface area contributed by atoms with Crippen molar-refractivity contribution < 1.29 is 9.18 Å². The second-order valence-electron chi connectivity index (χ2n) is 4.12. The molecule has 102 valence electrons. The van der Waals surface area contributed by atoms with E-state index in [1.165, 1.54) is 23.1 Å². The van der Waals surface area contributed by atoms with Crippen LogP contribution in [0.1, 0.15) is 13.8 Å². The van der Waals surface area contributed by atoms with Crippen molar-refractivity contribution in [2.45, 2.75) is 13.8 Å². The minimum atomic E-state index is -0.554. The molecule has 0 aromatic heterocycles. The molecule has 1 N–H and O–H groups in total. The number of carbonyl (C=O) groups is 1. The molecule has 1 unspecified atom stereocenters. The maximum absolute atomic E-state index is 13.5. The summed E-state index contributed by atoms with van der Waals surface area (Å²) >= 11 is 5.75. The normalized spacial score (nSPS) is 11.5. The summed E-state index contributed by atoms with van der Waals surface area (Å²) in [6, 6.07) is 5.53. The van der Waals surface area contributed by atoms with E-state index in [0.29, 0.717) is 18.1 Å². The Labute approximate surface area is 116 Å². The minimum Gasteiger partial charge on any atom is -0.324 e. The number of carbonyl (C=O) groups excluding carboxylic acids is 1. The van der Waals surface area contributed by atoms with Gasteiger partial charge < -0.3 is 10.2 Å². The zero-order chi connectivity index (χ0) is 14.4. The highest BCUT2D eigenvalue weighted by Gasteiger charge is 2.16. The molecule has 0 heterocycles. The average Bonchev–Trinajstić information content (AvgIpc) is 2.39. The molecule has 0 radical (unpaired) electrons. The van der Waals surface area contributed by atoms with Crippen LogP contribution in [0.25, 0.3) is 0 Å². The van der Waals surface area contributed by atoms with Crippen LogP contribution in [-0.4, -0.2) is 24.0 Å². The van der Waals surface area contributed by atoms with Crippen LogP contribution in [0.4, 0.5) is 14.9 Å². The Morgan fingerprint density at radius 3 is 2.89 bits per heavy atom. The van der Waals surface area contributed by atoms with Gasteiger partial charge in [-0.25, -0.2) is 9.18 Å². The van der Waals surface area contributed by atoms with Gasteiger partial charge in [0.1, 0.15) is 5.82 Å². The molecule has 4 nitrogen and oxygen atoms in total. The lowest BCUT2D eigenvalue weighted by Crippen LogP contribution is -2.37. The number of nitrogens with one attached hydrogen (secondary N) is 1. The van der Waals surface area contributed by atoms with Crippen LogP contribution in [0.2, 0.25) is 5.02 Å². The topological polar surface area (TPSA) is 56.1 Å². The molecule has 0 bridgehead atoms. The van der Waals surface area contributed by atoms with Crippen molar-refractivity contribution in [2.75, 3.05) is 18.4 Å². The van der Waals surface area contributed by atoms with Gasteiger partial charge in [-0.2, -0.15) is 5.26 Å². The number of amides is 2. The first-order valence-electron chi connectivity index (χ1n) is 5.88. The predicted molar refractivity (Wildman–Crippen MR) is 72.5 cm³/mol. The molecule has 1 atom stereocenters. The fraction of sp³-hybridized carbons (Fsp3) is 0.385. The number of nitrogens with zero attached hydrogens (tertiary/aromatic N) is 2. The van der Waals surface area contributed by atoms with E-state index in [1.807, 2.05) is 0 Å². The van der Waals surface area contributed by atoms with Crippen molar-refractivity contribution in [3.63, 3.8) is 0 Å². The second-order valence-corrected chi connectivity index (χ2v) is 4.56. The van der Waals surface area contributed by atoms with Gasteiger partial charge in [-0.15, -0.1) is 0 Å². The van der Waals surface area contributed by atoms with Crippen LogP contribution >= 0.6 is 11.6 Å². The van der Waals surface area contributed by atoms with E-state index >= 15 is 0 Å². The zero-order valence-electron chi connectivity index (χ0n) is 10.8. The molecule has 6 heteroatoms. The Bertz CT molecular complexity index is 501. The van der Waals surface area contributed by atoms with E-state index in [9.17, 15) is 9.18 Å². The first kappa shape index (κ1) is 15.3. The third kappa shape index (κ3) is 4.42. The molecular formula is C13H15ClFN3O. The number of nitriles is 1. The highest BCUT2D eigenvalue weighted by atomic mass is 35.5. The molecule has 1 rings (SSSR count). The first-order chi connectivity index (χ1) is 8.97. The van der Waals surface area contributed by atoms with Crippen LogP contribution in [0.15, 0.2) is 18.2 Å². The molecule has 0 saturated carbocycles. The number of hydrogen-bond acceptors (Lipinski definition) is 2. The number of benzene rings is 1. The first-order valence-corrected chi connectivity index (χ1v) is 6.26. The van der Waals surface area contributed by atoms with E-state index in [4.69, 9.17) is 16.9 Å². The van der Waals surface area contributed by atoms with Crippen molar-refractivity contribution in [2.24, 2.45) is 5.92 Å². The van der Waals surface area contributed by atoms with E-state index in [1.54, 1.807) is 13.8 Å². The Morgan fingerprint density at radius 1 is 1.63 bits per heavy atom. The summed E-state index contributed by atoms with van der Waals surface area (Å²) in [5.41, 5.74) is 0.0283. The van der Waals surface area contributed by atoms with Gasteiger partial charge in [-0.3, -0.25) is 0 Å². The number of urea groups is 1. The van der Waals surface area contributed by atoms with Gasteiger partial charge in [0.25, 0.3) is 0 Å². The molecule has 0 aliphatic heterocycles. The van der Waals surface area contributed by atoms with Crippen molar-refractivity contribution >= 4 is 23.3 Å². The summed E-state index contributed by atoms with van der Waals surface area (Å²) in [6.45, 7) is 4.23. The van der Waals surface area contributed by atoms with Gasteiger partial charge in [0.05, 0.1) is 17.7 Å². The number of hydrogen-bond donors (Lipinski definition) is 1. The largest absolute Gasteiger partial charge is 0.324 e. The van der Waals surface area contributed by atoms with Gasteiger partial charge in [0, 0.05) is 18.1 Å². The Kier molecular flexibility index (Phi) is 5.58. The second kappa shape index (κ2) is 6.95. The minimum absolute atomic E-state index is 0.0283. The highest BCUT2D eigenvalue weighted by Crippen LogP contribution is 2.20. The zero-order valence-corrected chi connectivity index (χ0v) is 11.5. The fourth-order valence-corrected chi connectivity index (χ4v) is 1.69. The fourth-order valence-electron chi connectivity index (χ4n) is 1.51. The molecule has 19 heavy (non-hydrogen) atoms. The van der Waals surface area contributed by atoms with E-state index < -0.39 is 11.8 Å². The lowest BCUT2D eigenvalue weighted by molar-refractivity contribution is 0.210. The Balaban J connectivity index is 2.77. The number of anilines is 1. The van der Waals surface area contributed by atoms with Crippen LogP contribution in [0.3, 0.4) is 0 Å². The van der Waals surface area contributed by atoms with Crippen LogP contribution in [-0.2, 0) is 0 Å². The van der Waals surface area contributed by atoms with Crippen molar-refractivity contribution in [1.29, 1.82) is 5.26 Å². The molecule has 0 aliphatic carbocycles. The summed E-state index contributed by atoms with van der Waals surface area (Å²) in [6.07, 6.45) is 0. The van der Waals surface area contributed by atoms with Crippen molar-refractivity contribution in [1.82, 2.24) is 4.90 Å². The van der Waals surface area contributed by atoms with Gasteiger partial charge in [0.15, 0.2) is 0 Å². The predicted octanol–water partition coefficient (Wildman–Crippen LogP) is 3.49.